The van der Waals surface area contributed by atoms with Gasteiger partial charge in [-0.15, -0.1) is 22.7 Å². The second kappa shape index (κ2) is 5.64. The van der Waals surface area contributed by atoms with Crippen molar-refractivity contribution in [2.75, 3.05) is 0 Å². The van der Waals surface area contributed by atoms with Crippen LogP contribution >= 0.6 is 22.7 Å². The predicted molar refractivity (Wildman–Crippen MR) is 79.3 cm³/mol. The van der Waals surface area contributed by atoms with Gasteiger partial charge in [-0.3, -0.25) is 5.10 Å². The number of thiazole rings is 1. The van der Waals surface area contributed by atoms with Crippen molar-refractivity contribution < 1.29 is 0 Å². The molecule has 0 unspecified atom stereocenters. The Morgan fingerprint density at radius 2 is 2.26 bits per heavy atom. The minimum atomic E-state index is 0.806. The monoisotopic (exact) mass is 290 g/mol. The normalized spacial score (nSPS) is 11.0. The first-order chi connectivity index (χ1) is 9.33. The van der Waals surface area contributed by atoms with Gasteiger partial charge in [-0.25, -0.2) is 4.98 Å². The highest BCUT2D eigenvalue weighted by Gasteiger charge is 2.08. The summed E-state index contributed by atoms with van der Waals surface area (Å²) in [4.78, 5) is 6.74. The van der Waals surface area contributed by atoms with Crippen molar-refractivity contribution in [3.05, 3.63) is 45.4 Å². The first-order valence-electron chi connectivity index (χ1n) is 6.01. The Balaban J connectivity index is 1.63. The summed E-state index contributed by atoms with van der Waals surface area (Å²) in [7, 11) is 0. The van der Waals surface area contributed by atoms with Crippen molar-refractivity contribution in [2.24, 2.45) is 0 Å². The van der Waals surface area contributed by atoms with Gasteiger partial charge in [0.15, 0.2) is 0 Å². The standard InChI is InChI=1S/C13H14N4S2/c1-9-15-8-11(19-9)7-14-5-10-6-16-17-13(10)12-3-2-4-18-12/h2-4,6,8,14H,5,7H2,1H3,(H,16,17). The zero-order valence-electron chi connectivity index (χ0n) is 10.5. The van der Waals surface area contributed by atoms with Crippen molar-refractivity contribution in [2.45, 2.75) is 20.0 Å². The van der Waals surface area contributed by atoms with E-state index < -0.39 is 0 Å². The molecule has 0 aromatic carbocycles. The third kappa shape index (κ3) is 2.91. The maximum atomic E-state index is 4.25. The quantitative estimate of drug-likeness (QED) is 0.758. The Hall–Kier alpha value is -1.50. The van der Waals surface area contributed by atoms with Gasteiger partial charge in [-0.2, -0.15) is 5.10 Å². The van der Waals surface area contributed by atoms with Gasteiger partial charge in [0.1, 0.15) is 0 Å². The zero-order valence-corrected chi connectivity index (χ0v) is 12.1. The maximum absolute atomic E-state index is 4.25. The highest BCUT2D eigenvalue weighted by molar-refractivity contribution is 7.13. The number of aryl methyl sites for hydroxylation is 1. The number of aromatic amines is 1. The van der Waals surface area contributed by atoms with Crippen molar-refractivity contribution in [1.82, 2.24) is 20.5 Å². The molecule has 3 heterocycles. The second-order valence-electron chi connectivity index (χ2n) is 4.20. The van der Waals surface area contributed by atoms with Crippen LogP contribution in [0.4, 0.5) is 0 Å². The molecule has 0 saturated carbocycles. The molecule has 0 aliphatic heterocycles. The molecule has 0 bridgehead atoms. The largest absolute Gasteiger partial charge is 0.308 e. The van der Waals surface area contributed by atoms with Gasteiger partial charge in [0.25, 0.3) is 0 Å². The zero-order chi connectivity index (χ0) is 13.1. The van der Waals surface area contributed by atoms with Crippen LogP contribution in [0.25, 0.3) is 10.6 Å². The fraction of sp³-hybridized carbons (Fsp3) is 0.231. The summed E-state index contributed by atoms with van der Waals surface area (Å²) in [5.74, 6) is 0. The third-order valence-electron chi connectivity index (χ3n) is 2.77. The number of aromatic nitrogens is 3. The number of hydrogen-bond acceptors (Lipinski definition) is 5. The molecule has 0 radical (unpaired) electrons. The molecule has 0 atom stereocenters. The number of nitrogens with one attached hydrogen (secondary N) is 2. The Kier molecular flexibility index (Phi) is 3.72. The van der Waals surface area contributed by atoms with Crippen LogP contribution in [0.15, 0.2) is 29.9 Å². The van der Waals surface area contributed by atoms with E-state index >= 15 is 0 Å². The number of rotatable bonds is 5. The SMILES string of the molecule is Cc1ncc(CNCc2cn[nH]c2-c2cccs2)s1. The van der Waals surface area contributed by atoms with Gasteiger partial charge >= 0.3 is 0 Å². The molecule has 98 valence electrons. The summed E-state index contributed by atoms with van der Waals surface area (Å²) in [5.41, 5.74) is 2.31. The number of thiophene rings is 1. The van der Waals surface area contributed by atoms with Gasteiger partial charge in [-0.1, -0.05) is 6.07 Å². The summed E-state index contributed by atoms with van der Waals surface area (Å²) in [6.45, 7) is 3.68. The fourth-order valence-electron chi connectivity index (χ4n) is 1.89. The highest BCUT2D eigenvalue weighted by Crippen LogP contribution is 2.25. The van der Waals surface area contributed by atoms with E-state index in [2.05, 4.69) is 38.0 Å². The molecule has 0 fully saturated rings. The predicted octanol–water partition coefficient (Wildman–Crippen LogP) is 3.19. The van der Waals surface area contributed by atoms with E-state index in [1.807, 2.05) is 19.3 Å². The second-order valence-corrected chi connectivity index (χ2v) is 6.46. The average Bonchev–Trinajstić information content (AvgIpc) is 3.09. The van der Waals surface area contributed by atoms with E-state index in [9.17, 15) is 0 Å². The molecular weight excluding hydrogens is 276 g/mol. The van der Waals surface area contributed by atoms with Crippen LogP contribution < -0.4 is 5.32 Å². The molecule has 19 heavy (non-hydrogen) atoms. The number of hydrogen-bond donors (Lipinski definition) is 2. The summed E-state index contributed by atoms with van der Waals surface area (Å²) < 4.78 is 0. The average molecular weight is 290 g/mol. The summed E-state index contributed by atoms with van der Waals surface area (Å²) in [5, 5.41) is 13.8. The van der Waals surface area contributed by atoms with Gasteiger partial charge in [-0.05, 0) is 18.4 Å². The summed E-state index contributed by atoms with van der Waals surface area (Å²) >= 11 is 3.45. The smallest absolute Gasteiger partial charge is 0.0897 e. The molecule has 0 spiro atoms. The molecule has 4 nitrogen and oxygen atoms in total. The summed E-state index contributed by atoms with van der Waals surface area (Å²) in [6.07, 6.45) is 3.82. The topological polar surface area (TPSA) is 53.6 Å². The van der Waals surface area contributed by atoms with Crippen molar-refractivity contribution >= 4 is 22.7 Å². The third-order valence-corrected chi connectivity index (χ3v) is 4.57. The maximum Gasteiger partial charge on any atom is 0.0897 e. The van der Waals surface area contributed by atoms with Gasteiger partial charge in [0, 0.05) is 29.7 Å². The Morgan fingerprint density at radius 3 is 3.00 bits per heavy atom. The van der Waals surface area contributed by atoms with Crippen LogP contribution in [0, 0.1) is 6.92 Å². The van der Waals surface area contributed by atoms with Crippen molar-refractivity contribution in [3.8, 4) is 10.6 Å². The van der Waals surface area contributed by atoms with Gasteiger partial charge in [0.2, 0.25) is 0 Å². The van der Waals surface area contributed by atoms with Crippen LogP contribution in [0.5, 0.6) is 0 Å². The van der Waals surface area contributed by atoms with Gasteiger partial charge < -0.3 is 5.32 Å². The van der Waals surface area contributed by atoms with E-state index in [0.717, 1.165) is 23.8 Å². The van der Waals surface area contributed by atoms with Crippen LogP contribution in [-0.2, 0) is 13.1 Å². The minimum Gasteiger partial charge on any atom is -0.308 e. The molecule has 3 rings (SSSR count). The fourth-order valence-corrected chi connectivity index (χ4v) is 3.41. The number of nitrogens with zero attached hydrogens (tertiary/aromatic N) is 2. The van der Waals surface area contributed by atoms with Crippen molar-refractivity contribution in [3.63, 3.8) is 0 Å². The lowest BCUT2D eigenvalue weighted by Crippen LogP contribution is -2.11. The molecule has 3 aromatic heterocycles. The minimum absolute atomic E-state index is 0.806. The molecule has 0 aliphatic carbocycles. The molecule has 6 heteroatoms. The van der Waals surface area contributed by atoms with E-state index in [1.54, 1.807) is 22.7 Å². The first-order valence-corrected chi connectivity index (χ1v) is 7.70. The van der Waals surface area contributed by atoms with Crippen LogP contribution in [0.3, 0.4) is 0 Å². The molecule has 0 saturated heterocycles. The Labute approximate surface area is 119 Å². The Bertz CT molecular complexity index is 639. The molecule has 0 aliphatic rings. The number of H-pyrrole nitrogens is 1. The molecule has 3 aromatic rings. The first kappa shape index (κ1) is 12.5. The van der Waals surface area contributed by atoms with E-state index in [1.165, 1.54) is 15.3 Å². The molecule has 2 N–H and O–H groups in total. The van der Waals surface area contributed by atoms with E-state index in [0.29, 0.717) is 0 Å². The van der Waals surface area contributed by atoms with E-state index in [-0.39, 0.29) is 0 Å². The molecular formula is C13H14N4S2. The van der Waals surface area contributed by atoms with Crippen LogP contribution in [-0.4, -0.2) is 15.2 Å². The highest BCUT2D eigenvalue weighted by atomic mass is 32.1. The van der Waals surface area contributed by atoms with Gasteiger partial charge in [0.05, 0.1) is 21.8 Å². The lowest BCUT2D eigenvalue weighted by atomic mass is 10.2. The molecule has 0 amide bonds. The summed E-state index contributed by atoms with van der Waals surface area (Å²) in [6, 6.07) is 4.16. The van der Waals surface area contributed by atoms with E-state index in [4.69, 9.17) is 0 Å². The lowest BCUT2D eigenvalue weighted by Gasteiger charge is -2.02. The van der Waals surface area contributed by atoms with Crippen molar-refractivity contribution in [1.29, 1.82) is 0 Å². The van der Waals surface area contributed by atoms with Crippen LogP contribution in [0.1, 0.15) is 15.4 Å². The lowest BCUT2D eigenvalue weighted by molar-refractivity contribution is 0.701. The van der Waals surface area contributed by atoms with Crippen LogP contribution in [0.2, 0.25) is 0 Å². The Morgan fingerprint density at radius 1 is 1.32 bits per heavy atom.